The molecule has 2 aromatic carbocycles. The Balaban J connectivity index is 1.67. The summed E-state index contributed by atoms with van der Waals surface area (Å²) in [6.07, 6.45) is 3.52. The third kappa shape index (κ3) is 2.54. The maximum absolute atomic E-state index is 12.5. The van der Waals surface area contributed by atoms with Crippen LogP contribution >= 0.6 is 0 Å². The van der Waals surface area contributed by atoms with Crippen LogP contribution in [-0.4, -0.2) is 10.9 Å². The van der Waals surface area contributed by atoms with Gasteiger partial charge in [0, 0.05) is 33.5 Å². The van der Waals surface area contributed by atoms with E-state index in [1.807, 2.05) is 30.3 Å². The van der Waals surface area contributed by atoms with Crippen LogP contribution in [0.4, 0.5) is 11.4 Å². The third-order valence-corrected chi connectivity index (χ3v) is 4.93. The van der Waals surface area contributed by atoms with Gasteiger partial charge in [-0.1, -0.05) is 6.92 Å². The van der Waals surface area contributed by atoms with Crippen LogP contribution in [0.25, 0.3) is 10.9 Å². The molecule has 4 heteroatoms. The minimum absolute atomic E-state index is 0.0968. The molecule has 122 valence electrons. The summed E-state index contributed by atoms with van der Waals surface area (Å²) in [7, 11) is 0. The van der Waals surface area contributed by atoms with Gasteiger partial charge in [0.2, 0.25) is 0 Å². The van der Waals surface area contributed by atoms with E-state index in [-0.39, 0.29) is 5.91 Å². The number of amides is 1. The maximum atomic E-state index is 12.5. The molecule has 1 amide bonds. The van der Waals surface area contributed by atoms with Crippen molar-refractivity contribution in [3.05, 3.63) is 59.3 Å². The second-order valence-electron chi connectivity index (χ2n) is 6.65. The second kappa shape index (κ2) is 5.71. The molecule has 0 saturated heterocycles. The van der Waals surface area contributed by atoms with Crippen molar-refractivity contribution in [2.24, 2.45) is 0 Å². The number of nitrogens with two attached hydrogens (primary N) is 1. The average molecular weight is 319 g/mol. The van der Waals surface area contributed by atoms with Gasteiger partial charge in [-0.3, -0.25) is 4.79 Å². The van der Waals surface area contributed by atoms with Crippen LogP contribution in [0.3, 0.4) is 0 Å². The largest absolute Gasteiger partial charge is 0.399 e. The van der Waals surface area contributed by atoms with Gasteiger partial charge in [0.05, 0.1) is 0 Å². The van der Waals surface area contributed by atoms with Crippen LogP contribution in [0.15, 0.2) is 42.5 Å². The number of aromatic amines is 1. The Bertz CT molecular complexity index is 909. The summed E-state index contributed by atoms with van der Waals surface area (Å²) in [6, 6.07) is 13.1. The molecule has 24 heavy (non-hydrogen) atoms. The topological polar surface area (TPSA) is 70.9 Å². The molecule has 4 N–H and O–H groups in total. The Kier molecular flexibility index (Phi) is 3.53. The molecule has 1 aliphatic carbocycles. The van der Waals surface area contributed by atoms with E-state index >= 15 is 0 Å². The van der Waals surface area contributed by atoms with E-state index < -0.39 is 0 Å². The summed E-state index contributed by atoms with van der Waals surface area (Å²) in [5.74, 6) is 0.466. The highest BCUT2D eigenvalue weighted by molar-refractivity contribution is 6.06. The fourth-order valence-electron chi connectivity index (χ4n) is 3.60. The molecule has 4 nitrogen and oxygen atoms in total. The normalized spacial score (nSPS) is 16.8. The number of rotatable bonds is 2. The van der Waals surface area contributed by atoms with Crippen molar-refractivity contribution >= 4 is 28.2 Å². The average Bonchev–Trinajstić information content (AvgIpc) is 2.96. The van der Waals surface area contributed by atoms with Crippen molar-refractivity contribution < 1.29 is 4.79 Å². The number of hydrogen-bond acceptors (Lipinski definition) is 2. The van der Waals surface area contributed by atoms with Gasteiger partial charge in [-0.15, -0.1) is 0 Å². The molecule has 0 aliphatic heterocycles. The Morgan fingerprint density at radius 1 is 1.21 bits per heavy atom. The van der Waals surface area contributed by atoms with E-state index in [9.17, 15) is 4.79 Å². The van der Waals surface area contributed by atoms with E-state index in [4.69, 9.17) is 5.73 Å². The summed E-state index contributed by atoms with van der Waals surface area (Å²) in [4.78, 5) is 16.1. The van der Waals surface area contributed by atoms with Crippen molar-refractivity contribution in [1.82, 2.24) is 4.98 Å². The first-order valence-corrected chi connectivity index (χ1v) is 8.43. The number of carbonyl (C=O) groups is 1. The molecule has 3 aromatic rings. The van der Waals surface area contributed by atoms with Crippen molar-refractivity contribution in [3.8, 4) is 0 Å². The number of anilines is 2. The highest BCUT2D eigenvalue weighted by Gasteiger charge is 2.21. The number of fused-ring (bicyclic) bond motifs is 3. The van der Waals surface area contributed by atoms with Gasteiger partial charge in [-0.2, -0.15) is 0 Å². The lowest BCUT2D eigenvalue weighted by atomic mass is 9.88. The summed E-state index contributed by atoms with van der Waals surface area (Å²) in [5.41, 5.74) is 11.6. The van der Waals surface area contributed by atoms with E-state index in [0.29, 0.717) is 17.2 Å². The van der Waals surface area contributed by atoms with Gasteiger partial charge in [0.25, 0.3) is 5.91 Å². The monoisotopic (exact) mass is 319 g/mol. The molecule has 4 rings (SSSR count). The smallest absolute Gasteiger partial charge is 0.255 e. The lowest BCUT2D eigenvalue weighted by molar-refractivity contribution is 0.102. The van der Waals surface area contributed by atoms with E-state index in [0.717, 1.165) is 17.6 Å². The van der Waals surface area contributed by atoms with Gasteiger partial charge >= 0.3 is 0 Å². The number of aryl methyl sites for hydroxylation is 1. The van der Waals surface area contributed by atoms with Crippen molar-refractivity contribution in [3.63, 3.8) is 0 Å². The molecular weight excluding hydrogens is 298 g/mol. The highest BCUT2D eigenvalue weighted by atomic mass is 16.1. The Morgan fingerprint density at radius 3 is 2.79 bits per heavy atom. The molecule has 1 unspecified atom stereocenters. The van der Waals surface area contributed by atoms with Gasteiger partial charge in [0.1, 0.15) is 0 Å². The first kappa shape index (κ1) is 14.8. The van der Waals surface area contributed by atoms with Crippen LogP contribution in [0.2, 0.25) is 0 Å². The zero-order chi connectivity index (χ0) is 16.7. The van der Waals surface area contributed by atoms with Gasteiger partial charge in [0.15, 0.2) is 0 Å². The quantitative estimate of drug-likeness (QED) is 0.611. The van der Waals surface area contributed by atoms with Gasteiger partial charge in [-0.25, -0.2) is 0 Å². The predicted octanol–water partition coefficient (Wildman–Crippen LogP) is 4.44. The van der Waals surface area contributed by atoms with Crippen LogP contribution in [0.1, 0.15) is 47.3 Å². The second-order valence-corrected chi connectivity index (χ2v) is 6.65. The molecule has 0 radical (unpaired) electrons. The molecule has 1 heterocycles. The first-order valence-electron chi connectivity index (χ1n) is 8.43. The molecule has 0 bridgehead atoms. The van der Waals surface area contributed by atoms with E-state index in [1.54, 1.807) is 12.1 Å². The number of nitrogen functional groups attached to an aromatic ring is 1. The molecule has 0 spiro atoms. The summed E-state index contributed by atoms with van der Waals surface area (Å²) in [6.45, 7) is 2.27. The molecule has 1 aliphatic rings. The fourth-order valence-corrected chi connectivity index (χ4v) is 3.60. The minimum Gasteiger partial charge on any atom is -0.399 e. The number of hydrogen-bond donors (Lipinski definition) is 3. The lowest BCUT2D eigenvalue weighted by Gasteiger charge is -2.18. The van der Waals surface area contributed by atoms with Gasteiger partial charge in [-0.05, 0) is 73.2 Å². The Labute approximate surface area is 141 Å². The minimum atomic E-state index is -0.0968. The van der Waals surface area contributed by atoms with E-state index in [2.05, 4.69) is 17.2 Å². The number of H-pyrrole nitrogens is 1. The number of aromatic nitrogens is 1. The maximum Gasteiger partial charge on any atom is 0.255 e. The zero-order valence-electron chi connectivity index (χ0n) is 13.7. The van der Waals surface area contributed by atoms with Crippen molar-refractivity contribution in [2.45, 2.75) is 32.1 Å². The molecule has 1 aromatic heterocycles. The zero-order valence-corrected chi connectivity index (χ0v) is 13.7. The number of carbonyl (C=O) groups excluding carboxylic acids is 1. The lowest BCUT2D eigenvalue weighted by Crippen LogP contribution is -2.11. The van der Waals surface area contributed by atoms with Crippen molar-refractivity contribution in [2.75, 3.05) is 11.1 Å². The molecule has 1 atom stereocenters. The molecular formula is C20H21N3O. The fraction of sp³-hybridized carbons (Fsp3) is 0.250. The summed E-state index contributed by atoms with van der Waals surface area (Å²) < 4.78 is 0. The number of benzene rings is 2. The first-order chi connectivity index (χ1) is 11.6. The van der Waals surface area contributed by atoms with Crippen LogP contribution in [-0.2, 0) is 6.42 Å². The third-order valence-electron chi connectivity index (χ3n) is 4.93. The van der Waals surface area contributed by atoms with E-state index in [1.165, 1.54) is 29.5 Å². The molecule has 0 saturated carbocycles. The van der Waals surface area contributed by atoms with Gasteiger partial charge < -0.3 is 16.0 Å². The standard InChI is InChI=1S/C20H21N3O/c1-12-3-2-4-16-17-11-13(5-10-18(17)23-19(12)16)20(24)22-15-8-6-14(21)7-9-15/h5-12,23H,2-4,21H2,1H3,(H,22,24). The van der Waals surface area contributed by atoms with Crippen LogP contribution in [0, 0.1) is 0 Å². The molecule has 0 fully saturated rings. The SMILES string of the molecule is CC1CCCc2c1[nH]c1ccc(C(=O)Nc3ccc(N)cc3)cc21. The van der Waals surface area contributed by atoms with Crippen LogP contribution in [0.5, 0.6) is 0 Å². The predicted molar refractivity (Wildman–Crippen MR) is 98.5 cm³/mol. The summed E-state index contributed by atoms with van der Waals surface area (Å²) >= 11 is 0. The number of nitrogens with one attached hydrogen (secondary N) is 2. The Hall–Kier alpha value is -2.75. The summed E-state index contributed by atoms with van der Waals surface area (Å²) in [5, 5.41) is 4.11. The highest BCUT2D eigenvalue weighted by Crippen LogP contribution is 2.36. The Morgan fingerprint density at radius 2 is 2.00 bits per heavy atom. The van der Waals surface area contributed by atoms with Crippen molar-refractivity contribution in [1.29, 1.82) is 0 Å². The van der Waals surface area contributed by atoms with Crippen LogP contribution < -0.4 is 11.1 Å².